The van der Waals surface area contributed by atoms with Crippen molar-refractivity contribution >= 4 is 112 Å². The number of rotatable bonds is 51. The molecule has 0 radical (unpaired) electrons. The van der Waals surface area contributed by atoms with Gasteiger partial charge in [0.1, 0.15) is 44.0 Å². The minimum absolute atomic E-state index is 0.0125. The summed E-state index contributed by atoms with van der Waals surface area (Å²) >= 11 is 2.20. The number of hydrogen-bond acceptors (Lipinski definition) is 26. The molecule has 9 rings (SSSR count). The molecule has 1 unspecified atom stereocenters. The summed E-state index contributed by atoms with van der Waals surface area (Å²) in [6.45, 7) is 22.2. The molecule has 9 N–H and O–H groups in total. The summed E-state index contributed by atoms with van der Waals surface area (Å²) in [4.78, 5) is 195. The second-order valence-corrected chi connectivity index (χ2v) is 37.1. The molecule has 0 aliphatic carbocycles. The molecule has 3 saturated heterocycles. The van der Waals surface area contributed by atoms with Crippen molar-refractivity contribution in [3.63, 3.8) is 0 Å². The second kappa shape index (κ2) is 54.1. The van der Waals surface area contributed by atoms with E-state index in [-0.39, 0.29) is 123 Å². The Morgan fingerprint density at radius 3 is 1.70 bits per heavy atom. The first-order valence-corrected chi connectivity index (χ1v) is 47.9. The number of nitrogens with zero attached hydrogens (tertiary/aromatic N) is 7. The van der Waals surface area contributed by atoms with E-state index in [0.29, 0.717) is 116 Å². The number of carbonyl (C=O) groups excluding carboxylic acids is 13. The Labute approximate surface area is 803 Å². The molecule has 742 valence electrons. The molecule has 1 aromatic heterocycles. The summed E-state index contributed by atoms with van der Waals surface area (Å²) in [6.07, 6.45) is 0.0817. The summed E-state index contributed by atoms with van der Waals surface area (Å²) in [5.74, 6) is -7.03. The van der Waals surface area contributed by atoms with Crippen molar-refractivity contribution in [2.45, 2.75) is 185 Å². The maximum absolute atomic E-state index is 14.9. The van der Waals surface area contributed by atoms with Crippen molar-refractivity contribution in [1.29, 1.82) is 0 Å². The van der Waals surface area contributed by atoms with Gasteiger partial charge in [-0.15, -0.1) is 0 Å². The van der Waals surface area contributed by atoms with Gasteiger partial charge in [0.05, 0.1) is 130 Å². The van der Waals surface area contributed by atoms with E-state index in [1.807, 2.05) is 32.0 Å². The van der Waals surface area contributed by atoms with Crippen molar-refractivity contribution in [2.24, 2.45) is 35.3 Å². The topological polar surface area (TPSA) is 456 Å². The van der Waals surface area contributed by atoms with Gasteiger partial charge in [0.15, 0.2) is 0 Å². The Morgan fingerprint density at radius 2 is 1.18 bits per heavy atom. The van der Waals surface area contributed by atoms with Crippen LogP contribution in [0.1, 0.15) is 146 Å². The van der Waals surface area contributed by atoms with Crippen LogP contribution in [-0.2, 0) is 87.7 Å². The van der Waals surface area contributed by atoms with Crippen LogP contribution in [0.3, 0.4) is 0 Å². The molecular weight excluding hydrogens is 1790 g/mol. The first kappa shape index (κ1) is 109. The number of imide groups is 1. The average molecular weight is 1930 g/mol. The van der Waals surface area contributed by atoms with Gasteiger partial charge in [0.25, 0.3) is 23.6 Å². The quantitative estimate of drug-likeness (QED) is 0.0136. The minimum Gasteiger partial charge on any atom is -0.475 e. The smallest absolute Gasteiger partial charge is 0.410 e. The number of aliphatic hydroxyl groups is 1. The Bertz CT molecular complexity index is 4740. The van der Waals surface area contributed by atoms with E-state index < -0.39 is 144 Å². The van der Waals surface area contributed by atoms with Gasteiger partial charge in [0, 0.05) is 100 Å². The number of anilines is 2. The first-order valence-electron chi connectivity index (χ1n) is 46.3. The zero-order chi connectivity index (χ0) is 98.8. The van der Waals surface area contributed by atoms with Crippen molar-refractivity contribution < 1.29 is 110 Å². The molecule has 12 atom stereocenters. The van der Waals surface area contributed by atoms with E-state index in [1.54, 1.807) is 173 Å². The number of urea groups is 1. The number of hydrogen-bond donors (Lipinski definition) is 8. The number of nitrogens with two attached hydrogens (primary N) is 1. The Morgan fingerprint density at radius 1 is 0.610 bits per heavy atom. The number of nitrogens with one attached hydrogen (secondary N) is 6. The summed E-state index contributed by atoms with van der Waals surface area (Å²) < 4.78 is 51.3. The molecule has 5 aromatic rings. The maximum atomic E-state index is 14.9. The third-order valence-corrected chi connectivity index (χ3v) is 26.5. The van der Waals surface area contributed by atoms with E-state index in [4.69, 9.17) is 48.4 Å². The largest absolute Gasteiger partial charge is 0.475 e. The molecule has 4 aliphatic heterocycles. The molecule has 4 aliphatic rings. The van der Waals surface area contributed by atoms with Gasteiger partial charge in [-0.1, -0.05) is 135 Å². The molecule has 14 amide bonds. The van der Waals surface area contributed by atoms with Crippen molar-refractivity contribution in [3.8, 4) is 5.88 Å². The number of thioether (sulfide) groups is 2. The molecule has 5 heterocycles. The van der Waals surface area contributed by atoms with Gasteiger partial charge in [-0.05, 0) is 134 Å². The lowest BCUT2D eigenvalue weighted by molar-refractivity contribution is -0.148. The molecule has 3 fully saturated rings. The zero-order valence-electron chi connectivity index (χ0n) is 80.1. The Kier molecular flexibility index (Phi) is 43.2. The highest BCUT2D eigenvalue weighted by molar-refractivity contribution is 8.08. The van der Waals surface area contributed by atoms with Gasteiger partial charge < -0.3 is 105 Å². The van der Waals surface area contributed by atoms with Gasteiger partial charge >= 0.3 is 12.1 Å². The van der Waals surface area contributed by atoms with E-state index in [1.165, 1.54) is 38.4 Å². The number of pyridine rings is 1. The minimum atomic E-state index is -1.17. The number of methoxy groups -OCH3 is 2. The normalized spacial score (nSPS) is 17.1. The average Bonchev–Trinajstić information content (AvgIpc) is 1.62. The van der Waals surface area contributed by atoms with Gasteiger partial charge in [-0.3, -0.25) is 57.6 Å². The van der Waals surface area contributed by atoms with E-state index in [2.05, 4.69) is 36.9 Å². The highest BCUT2D eigenvalue weighted by Gasteiger charge is 2.46. The van der Waals surface area contributed by atoms with Crippen LogP contribution in [0.5, 0.6) is 5.88 Å². The van der Waals surface area contributed by atoms with Crippen LogP contribution in [0.25, 0.3) is 0 Å². The summed E-state index contributed by atoms with van der Waals surface area (Å²) in [7, 11) is 6.06. The van der Waals surface area contributed by atoms with Crippen LogP contribution < -0.4 is 47.3 Å². The zero-order valence-corrected chi connectivity index (χ0v) is 81.8. The van der Waals surface area contributed by atoms with E-state index in [0.717, 1.165) is 28.4 Å². The molecule has 0 bridgehead atoms. The van der Waals surface area contributed by atoms with Gasteiger partial charge in [-0.25, -0.2) is 19.5 Å². The summed E-state index contributed by atoms with van der Waals surface area (Å²) in [5, 5.41) is 27.6. The molecule has 0 spiro atoms. The number of benzene rings is 4. The predicted octanol–water partition coefficient (Wildman–Crippen LogP) is 7.73. The summed E-state index contributed by atoms with van der Waals surface area (Å²) in [5.41, 5.74) is 7.93. The maximum Gasteiger partial charge on any atom is 0.410 e. The van der Waals surface area contributed by atoms with Crippen LogP contribution in [0.15, 0.2) is 141 Å². The van der Waals surface area contributed by atoms with E-state index in [9.17, 15) is 67.4 Å². The Hall–Kier alpha value is -11.1. The number of likely N-dealkylation sites (N-methyl/N-ethyl adjacent to an activating group) is 2. The van der Waals surface area contributed by atoms with Gasteiger partial charge in [-0.2, -0.15) is 0 Å². The monoisotopic (exact) mass is 1930 g/mol. The first-order chi connectivity index (χ1) is 65.1. The SMILES string of the molecule is CCC(C)[C@@H]([C@@H](CC(=O)N1CCC[C@H]1[C@H](OC)[C@@H](C)C(=O)N[C@H](C)[C@@H](O)c1ccccc1)OC)N(C)C(=O)[C@@H](NC(=O)[C@H](C(C)C)N(C)C(=O)OCc1ccc(NC(=O)[C@H](CCCNC(N)=O)NC(=O)[C@@H](NC(=O)COCCOCCOCCOc2ccc(N3C(=O)C(Sc4ccc(C(=O)N5CCOCC5)cc4)=C(Sc4ccc(C(=O)N5CCOCC5)cc4)C3=O)cn2)C(C)C)cc1)C(C)C. The molecule has 39 heteroatoms. The molecule has 4 aromatic carbocycles. The van der Waals surface area contributed by atoms with Gasteiger partial charge in [0.2, 0.25) is 47.2 Å². The standard InChI is InChI=1S/C97H134N14O23S2/c1-15-62(8)82(75(126-13)55-78(113)110-40-20-24-74(110)84(127-14)63(9)87(115)101-64(10)83(114)66-21-17-16-18-22-66)106(11)93(121)80(60(4)5)105-90(118)81(61(6)7)107(12)97(125)134-57-65-25-31-69(32-26-65)102-88(116)73(23-19-39-99-96(98)124)103-89(117)79(59(2)3)104-76(112)58-132-52-51-130-49-50-131-53-54-133-77-38-33-70(56-100-77)111-94(122)85(135-71-34-27-67(28-35-71)91(119)108-41-45-128-46-42-108)86(95(111)123)136-72-36-29-68(30-37-72)92(120)109-43-47-129-48-44-109/h16-18,21-22,25-38,56,59-64,73-75,79-84,114H,15,19-20,23-24,39-55,57-58H2,1-14H3,(H,101,115)(H,102,116)(H,103,117)(H,104,112)(H,105,118)(H3,98,99,124)/t62?,63-,64-,73+,74+,75-,79+,80+,81+,82+,83-,84-/m1/s1. The van der Waals surface area contributed by atoms with Crippen molar-refractivity contribution in [2.75, 3.05) is 150 Å². The fourth-order valence-corrected chi connectivity index (χ4v) is 18.4. The fourth-order valence-electron chi connectivity index (χ4n) is 16.4. The van der Waals surface area contributed by atoms with Crippen LogP contribution in [0.4, 0.5) is 21.0 Å². The molecule has 0 saturated carbocycles. The molecular formula is C97H134N14O23S2. The van der Waals surface area contributed by atoms with Crippen LogP contribution in [0.2, 0.25) is 0 Å². The summed E-state index contributed by atoms with van der Waals surface area (Å²) in [6, 6.07) is 25.2. The highest BCUT2D eigenvalue weighted by atomic mass is 32.2. The number of likely N-dealkylation sites (tertiary alicyclic amines) is 1. The number of ether oxygens (including phenoxy) is 9. The third kappa shape index (κ3) is 30.9. The predicted molar refractivity (Wildman–Crippen MR) is 509 cm³/mol. The fraction of sp³-hybridized carbons (Fsp3) is 0.546. The van der Waals surface area contributed by atoms with Crippen molar-refractivity contribution in [3.05, 3.63) is 154 Å². The highest BCUT2D eigenvalue weighted by Crippen LogP contribution is 2.45. The van der Waals surface area contributed by atoms with Crippen LogP contribution in [0, 0.1) is 29.6 Å². The number of primary amides is 1. The number of amides is 14. The number of carbonyl (C=O) groups is 13. The Balaban J connectivity index is 0.691. The van der Waals surface area contributed by atoms with Crippen LogP contribution >= 0.6 is 23.5 Å². The van der Waals surface area contributed by atoms with Crippen molar-refractivity contribution in [1.82, 2.24) is 56.1 Å². The molecule has 37 nitrogen and oxygen atoms in total. The lowest BCUT2D eigenvalue weighted by Gasteiger charge is -2.41. The second-order valence-electron chi connectivity index (χ2n) is 34.9. The van der Waals surface area contributed by atoms with Crippen LogP contribution in [-0.4, -0.2) is 306 Å². The number of morpholine rings is 2. The number of aromatic nitrogens is 1. The molecule has 136 heavy (non-hydrogen) atoms. The lowest BCUT2D eigenvalue weighted by atomic mass is 9.89. The lowest BCUT2D eigenvalue weighted by Crippen LogP contribution is -2.60. The third-order valence-electron chi connectivity index (χ3n) is 24.2. The number of aliphatic hydroxyl groups excluding tert-OH is 1. The van der Waals surface area contributed by atoms with E-state index >= 15 is 0 Å².